The molecule has 0 heterocycles. The van der Waals surface area contributed by atoms with Crippen LogP contribution in [-0.2, 0) is 4.79 Å². The highest BCUT2D eigenvalue weighted by Crippen LogP contribution is 2.28. The molecule has 5 heteroatoms. The predicted octanol–water partition coefficient (Wildman–Crippen LogP) is 2.27. The van der Waals surface area contributed by atoms with Gasteiger partial charge < -0.3 is 10.4 Å². The quantitative estimate of drug-likeness (QED) is 0.819. The Bertz CT molecular complexity index is 410. The van der Waals surface area contributed by atoms with Crippen LogP contribution in [-0.4, -0.2) is 29.9 Å². The van der Waals surface area contributed by atoms with Crippen LogP contribution in [0.1, 0.15) is 11.1 Å². The summed E-state index contributed by atoms with van der Waals surface area (Å²) in [5, 5.41) is 11.2. The van der Waals surface area contributed by atoms with E-state index in [0.29, 0.717) is 12.3 Å². The average Bonchev–Trinajstić information content (AvgIpc) is 2.29. The van der Waals surface area contributed by atoms with Gasteiger partial charge in [-0.15, -0.1) is 11.8 Å². The zero-order valence-corrected chi connectivity index (χ0v) is 12.3. The third-order valence-corrected chi connectivity index (χ3v) is 4.26. The molecule has 0 fully saturated rings. The van der Waals surface area contributed by atoms with Crippen LogP contribution in [0, 0.1) is 13.8 Å². The number of halogens is 1. The van der Waals surface area contributed by atoms with Gasteiger partial charge in [0.15, 0.2) is 0 Å². The van der Waals surface area contributed by atoms with E-state index in [1.54, 1.807) is 0 Å². The molecular formula is C12H16BrNO2S. The Morgan fingerprint density at radius 3 is 2.76 bits per heavy atom. The number of rotatable bonds is 5. The van der Waals surface area contributed by atoms with Gasteiger partial charge >= 0.3 is 0 Å². The Balaban J connectivity index is 2.57. The molecule has 0 saturated heterocycles. The highest BCUT2D eigenvalue weighted by molar-refractivity contribution is 9.10. The fourth-order valence-corrected chi connectivity index (χ4v) is 2.69. The summed E-state index contributed by atoms with van der Waals surface area (Å²) in [4.78, 5) is 12.5. The average molecular weight is 318 g/mol. The number of aliphatic hydroxyl groups excluding tert-OH is 1. The number of thioether (sulfide) groups is 1. The van der Waals surface area contributed by atoms with Crippen LogP contribution < -0.4 is 5.32 Å². The van der Waals surface area contributed by atoms with Crippen molar-refractivity contribution >= 4 is 33.6 Å². The van der Waals surface area contributed by atoms with Gasteiger partial charge in [0.25, 0.3) is 0 Å². The lowest BCUT2D eigenvalue weighted by Crippen LogP contribution is -2.27. The number of aryl methyl sites for hydroxylation is 2. The maximum atomic E-state index is 11.4. The van der Waals surface area contributed by atoms with E-state index in [-0.39, 0.29) is 12.5 Å². The third kappa shape index (κ3) is 4.69. The summed E-state index contributed by atoms with van der Waals surface area (Å²) in [6.07, 6.45) is 0. The Morgan fingerprint density at radius 2 is 2.12 bits per heavy atom. The zero-order valence-electron chi connectivity index (χ0n) is 9.92. The van der Waals surface area contributed by atoms with Crippen LogP contribution >= 0.6 is 27.7 Å². The molecule has 17 heavy (non-hydrogen) atoms. The monoisotopic (exact) mass is 317 g/mol. The van der Waals surface area contributed by atoms with Crippen molar-refractivity contribution in [2.24, 2.45) is 0 Å². The number of amides is 1. The lowest BCUT2D eigenvalue weighted by atomic mass is 10.2. The molecule has 1 amide bonds. The summed E-state index contributed by atoms with van der Waals surface area (Å²) in [5.74, 6) is 0.325. The minimum Gasteiger partial charge on any atom is -0.395 e. The van der Waals surface area contributed by atoms with E-state index in [4.69, 9.17) is 5.11 Å². The molecule has 0 bridgehead atoms. The standard InChI is InChI=1S/C12H16BrNO2S/c1-8-6-11(9(2)5-10(8)13)17-7-12(16)14-3-4-15/h5-6,15H,3-4,7H2,1-2H3,(H,14,16). The summed E-state index contributed by atoms with van der Waals surface area (Å²) < 4.78 is 1.09. The van der Waals surface area contributed by atoms with Crippen molar-refractivity contribution in [3.05, 3.63) is 27.7 Å². The fourth-order valence-electron chi connectivity index (χ4n) is 1.30. The van der Waals surface area contributed by atoms with Gasteiger partial charge in [0.2, 0.25) is 5.91 Å². The van der Waals surface area contributed by atoms with Crippen LogP contribution in [0.25, 0.3) is 0 Å². The maximum Gasteiger partial charge on any atom is 0.230 e. The first-order valence-corrected chi connectivity index (χ1v) is 7.09. The number of hydrogen-bond donors (Lipinski definition) is 2. The number of carbonyl (C=O) groups excluding carboxylic acids is 1. The molecule has 0 spiro atoms. The summed E-state index contributed by atoms with van der Waals surface area (Å²) in [5.41, 5.74) is 2.32. The van der Waals surface area contributed by atoms with Crippen LogP contribution in [0.15, 0.2) is 21.5 Å². The van der Waals surface area contributed by atoms with E-state index < -0.39 is 0 Å². The minimum atomic E-state index is -0.0518. The van der Waals surface area contributed by atoms with Gasteiger partial charge in [-0.3, -0.25) is 4.79 Å². The molecule has 0 saturated carbocycles. The van der Waals surface area contributed by atoms with Crippen molar-refractivity contribution in [1.82, 2.24) is 5.32 Å². The molecule has 1 rings (SSSR count). The lowest BCUT2D eigenvalue weighted by Gasteiger charge is -2.08. The first kappa shape index (κ1) is 14.5. The molecule has 0 radical (unpaired) electrons. The highest BCUT2D eigenvalue weighted by Gasteiger charge is 2.06. The summed E-state index contributed by atoms with van der Waals surface area (Å²) in [6, 6.07) is 4.13. The largest absolute Gasteiger partial charge is 0.395 e. The number of carbonyl (C=O) groups is 1. The molecule has 2 N–H and O–H groups in total. The van der Waals surface area contributed by atoms with E-state index in [9.17, 15) is 4.79 Å². The van der Waals surface area contributed by atoms with Gasteiger partial charge in [0.1, 0.15) is 0 Å². The van der Waals surface area contributed by atoms with Crippen LogP contribution in [0.3, 0.4) is 0 Å². The summed E-state index contributed by atoms with van der Waals surface area (Å²) >= 11 is 4.99. The third-order valence-electron chi connectivity index (χ3n) is 2.25. The first-order chi connectivity index (χ1) is 8.04. The van der Waals surface area contributed by atoms with Crippen LogP contribution in [0.2, 0.25) is 0 Å². The van der Waals surface area contributed by atoms with E-state index in [2.05, 4.69) is 33.4 Å². The zero-order chi connectivity index (χ0) is 12.8. The van der Waals surface area contributed by atoms with Gasteiger partial charge in [0.05, 0.1) is 12.4 Å². The van der Waals surface area contributed by atoms with Crippen molar-refractivity contribution in [3.63, 3.8) is 0 Å². The van der Waals surface area contributed by atoms with Crippen molar-refractivity contribution in [1.29, 1.82) is 0 Å². The molecule has 0 unspecified atom stereocenters. The fraction of sp³-hybridized carbons (Fsp3) is 0.417. The molecule has 0 aliphatic carbocycles. The van der Waals surface area contributed by atoms with E-state index in [1.165, 1.54) is 11.8 Å². The number of nitrogens with one attached hydrogen (secondary N) is 1. The second-order valence-corrected chi connectivity index (χ2v) is 5.60. The Hall–Kier alpha value is -0.520. The number of hydrogen-bond acceptors (Lipinski definition) is 3. The van der Waals surface area contributed by atoms with E-state index in [1.807, 2.05) is 13.8 Å². The molecule has 1 aromatic carbocycles. The topological polar surface area (TPSA) is 49.3 Å². The molecule has 0 aromatic heterocycles. The normalized spacial score (nSPS) is 10.4. The molecule has 3 nitrogen and oxygen atoms in total. The predicted molar refractivity (Wildman–Crippen MR) is 74.4 cm³/mol. The number of aliphatic hydroxyl groups is 1. The Labute approximate surface area is 114 Å². The summed E-state index contributed by atoms with van der Waals surface area (Å²) in [7, 11) is 0. The second-order valence-electron chi connectivity index (χ2n) is 3.73. The van der Waals surface area contributed by atoms with E-state index >= 15 is 0 Å². The van der Waals surface area contributed by atoms with Gasteiger partial charge in [-0.05, 0) is 37.1 Å². The van der Waals surface area contributed by atoms with Crippen LogP contribution in [0.4, 0.5) is 0 Å². The van der Waals surface area contributed by atoms with Crippen LogP contribution in [0.5, 0.6) is 0 Å². The van der Waals surface area contributed by atoms with E-state index in [0.717, 1.165) is 20.5 Å². The van der Waals surface area contributed by atoms with Gasteiger partial charge in [0, 0.05) is 15.9 Å². The SMILES string of the molecule is Cc1cc(SCC(=O)NCCO)c(C)cc1Br. The van der Waals surface area contributed by atoms with Crippen molar-refractivity contribution in [2.45, 2.75) is 18.7 Å². The molecule has 0 aliphatic rings. The van der Waals surface area contributed by atoms with Gasteiger partial charge in [-0.2, -0.15) is 0 Å². The van der Waals surface area contributed by atoms with Crippen molar-refractivity contribution in [3.8, 4) is 0 Å². The first-order valence-electron chi connectivity index (χ1n) is 5.31. The number of benzene rings is 1. The van der Waals surface area contributed by atoms with Crippen molar-refractivity contribution < 1.29 is 9.90 Å². The molecular weight excluding hydrogens is 302 g/mol. The maximum absolute atomic E-state index is 11.4. The second kappa shape index (κ2) is 7.03. The van der Waals surface area contributed by atoms with Gasteiger partial charge in [-0.25, -0.2) is 0 Å². The Morgan fingerprint density at radius 1 is 1.41 bits per heavy atom. The highest BCUT2D eigenvalue weighted by atomic mass is 79.9. The Kier molecular flexibility index (Phi) is 6.02. The summed E-state index contributed by atoms with van der Waals surface area (Å²) in [6.45, 7) is 4.35. The lowest BCUT2D eigenvalue weighted by molar-refractivity contribution is -0.118. The minimum absolute atomic E-state index is 0.0210. The smallest absolute Gasteiger partial charge is 0.230 e. The molecule has 0 atom stereocenters. The molecule has 1 aromatic rings. The molecule has 0 aliphatic heterocycles. The van der Waals surface area contributed by atoms with Gasteiger partial charge in [-0.1, -0.05) is 15.9 Å². The molecule has 94 valence electrons. The van der Waals surface area contributed by atoms with Crippen molar-refractivity contribution in [2.75, 3.05) is 18.9 Å².